The Bertz CT molecular complexity index is 789. The molecule has 25 heavy (non-hydrogen) atoms. The molecule has 2 aromatic rings. The van der Waals surface area contributed by atoms with Crippen molar-refractivity contribution in [3.63, 3.8) is 0 Å². The quantitative estimate of drug-likeness (QED) is 0.888. The summed E-state index contributed by atoms with van der Waals surface area (Å²) in [5.74, 6) is -0.212. The fourth-order valence-electron chi connectivity index (χ4n) is 4.46. The van der Waals surface area contributed by atoms with Crippen molar-refractivity contribution in [1.29, 1.82) is 0 Å². The number of hydrogen-bond donors (Lipinski definition) is 1. The lowest BCUT2D eigenvalue weighted by Crippen LogP contribution is -2.61. The monoisotopic (exact) mass is 355 g/mol. The summed E-state index contributed by atoms with van der Waals surface area (Å²) in [6.07, 6.45) is 0.626. The van der Waals surface area contributed by atoms with E-state index in [2.05, 4.69) is 17.0 Å². The normalized spacial score (nSPS) is 31.9. The lowest BCUT2D eigenvalue weighted by Gasteiger charge is -2.51. The number of anilines is 1. The number of carbonyl (C=O) groups is 1. The van der Waals surface area contributed by atoms with Gasteiger partial charge in [-0.2, -0.15) is 0 Å². The number of Topliss-reactive ketones (excluding diaryl/α,β-unsaturated/α-hetero) is 1. The molecule has 1 heterocycles. The third-order valence-electron chi connectivity index (χ3n) is 5.80. The highest BCUT2D eigenvalue weighted by Crippen LogP contribution is 2.47. The minimum atomic E-state index is -0.995. The minimum Gasteiger partial charge on any atom is -0.389 e. The van der Waals surface area contributed by atoms with Crippen LogP contribution in [-0.2, 0) is 4.79 Å². The molecule has 4 atom stereocenters. The van der Waals surface area contributed by atoms with Gasteiger partial charge in [-0.05, 0) is 43.0 Å². The van der Waals surface area contributed by atoms with Crippen molar-refractivity contribution in [2.24, 2.45) is 11.8 Å². The summed E-state index contributed by atoms with van der Waals surface area (Å²) in [6, 6.07) is 17.8. The zero-order valence-electron chi connectivity index (χ0n) is 14.2. The van der Waals surface area contributed by atoms with E-state index in [1.165, 1.54) is 0 Å². The number of benzene rings is 2. The molecule has 3 nitrogen and oxygen atoms in total. The van der Waals surface area contributed by atoms with E-state index in [0.29, 0.717) is 24.5 Å². The van der Waals surface area contributed by atoms with Crippen LogP contribution in [0.15, 0.2) is 54.6 Å². The summed E-state index contributed by atoms with van der Waals surface area (Å²) < 4.78 is 0. The molecule has 2 aromatic carbocycles. The molecule has 0 amide bonds. The van der Waals surface area contributed by atoms with Crippen LogP contribution >= 0.6 is 11.6 Å². The van der Waals surface area contributed by atoms with Gasteiger partial charge in [0, 0.05) is 29.7 Å². The van der Waals surface area contributed by atoms with E-state index >= 15 is 0 Å². The molecule has 1 aliphatic carbocycles. The molecular weight excluding hydrogens is 334 g/mol. The molecule has 2 fully saturated rings. The molecule has 130 valence electrons. The van der Waals surface area contributed by atoms with E-state index in [9.17, 15) is 9.90 Å². The van der Waals surface area contributed by atoms with Crippen molar-refractivity contribution >= 4 is 23.1 Å². The molecule has 2 aliphatic rings. The molecule has 0 unspecified atom stereocenters. The van der Waals surface area contributed by atoms with Crippen LogP contribution in [0.4, 0.5) is 5.69 Å². The summed E-state index contributed by atoms with van der Waals surface area (Å²) >= 11 is 6.15. The number of aliphatic hydroxyl groups is 1. The van der Waals surface area contributed by atoms with E-state index in [1.807, 2.05) is 49.4 Å². The number of carbonyl (C=O) groups excluding carboxylic acids is 1. The number of ketones is 1. The molecule has 2 bridgehead atoms. The second-order valence-corrected chi connectivity index (χ2v) is 7.96. The maximum Gasteiger partial charge on any atom is 0.146 e. The SMILES string of the molecule is C[C@]1(O)C[C@H](c2ccccc2)[C@@H]2CN(c3cccc(Cl)c3)C[C@H]1C2=O. The topological polar surface area (TPSA) is 40.5 Å². The van der Waals surface area contributed by atoms with E-state index in [4.69, 9.17) is 11.6 Å². The van der Waals surface area contributed by atoms with Crippen LogP contribution in [0.2, 0.25) is 5.02 Å². The predicted octanol–water partition coefficient (Wildman–Crippen LogP) is 3.90. The molecule has 4 heteroatoms. The van der Waals surface area contributed by atoms with Gasteiger partial charge in [0.1, 0.15) is 5.78 Å². The lowest BCUT2D eigenvalue weighted by atomic mass is 9.61. The van der Waals surface area contributed by atoms with Gasteiger partial charge in [0.25, 0.3) is 0 Å². The summed E-state index contributed by atoms with van der Waals surface area (Å²) in [7, 11) is 0. The molecule has 1 saturated heterocycles. The second-order valence-electron chi connectivity index (χ2n) is 7.52. The van der Waals surface area contributed by atoms with E-state index in [0.717, 1.165) is 11.3 Å². The highest BCUT2D eigenvalue weighted by Gasteiger charge is 2.53. The van der Waals surface area contributed by atoms with Gasteiger partial charge < -0.3 is 10.0 Å². The van der Waals surface area contributed by atoms with Gasteiger partial charge in [-0.25, -0.2) is 0 Å². The summed E-state index contributed by atoms with van der Waals surface area (Å²) in [6.45, 7) is 3.03. The summed E-state index contributed by atoms with van der Waals surface area (Å²) in [5.41, 5.74) is 1.15. The molecule has 1 aliphatic heterocycles. The zero-order valence-corrected chi connectivity index (χ0v) is 15.0. The Morgan fingerprint density at radius 1 is 1.08 bits per heavy atom. The van der Waals surface area contributed by atoms with Crippen molar-refractivity contribution in [3.05, 3.63) is 65.2 Å². The first-order valence-corrected chi connectivity index (χ1v) is 9.15. The minimum absolute atomic E-state index is 0.0435. The standard InChI is InChI=1S/C21H22ClNO2/c1-21(25)11-17(14-6-3-2-4-7-14)18-12-23(13-19(21)20(18)24)16-9-5-8-15(22)10-16/h2-10,17-19,25H,11-13H2,1H3/t17-,18+,19+,21+/m1/s1. The third-order valence-corrected chi connectivity index (χ3v) is 6.03. The van der Waals surface area contributed by atoms with Crippen molar-refractivity contribution in [1.82, 2.24) is 0 Å². The van der Waals surface area contributed by atoms with Gasteiger partial charge in [-0.3, -0.25) is 4.79 Å². The highest BCUT2D eigenvalue weighted by atomic mass is 35.5. The van der Waals surface area contributed by atoms with Gasteiger partial charge in [0.15, 0.2) is 0 Å². The van der Waals surface area contributed by atoms with Gasteiger partial charge >= 0.3 is 0 Å². The average molecular weight is 356 g/mol. The number of hydrogen-bond acceptors (Lipinski definition) is 3. The third kappa shape index (κ3) is 2.96. The van der Waals surface area contributed by atoms with Crippen LogP contribution < -0.4 is 4.90 Å². The van der Waals surface area contributed by atoms with E-state index < -0.39 is 5.60 Å². The number of halogens is 1. The van der Waals surface area contributed by atoms with E-state index in [1.54, 1.807) is 0 Å². The molecule has 4 rings (SSSR count). The van der Waals surface area contributed by atoms with Crippen LogP contribution in [0.1, 0.15) is 24.8 Å². The maximum atomic E-state index is 13.0. The van der Waals surface area contributed by atoms with Gasteiger partial charge in [0.2, 0.25) is 0 Å². The Balaban J connectivity index is 1.72. The Hall–Kier alpha value is -1.84. The lowest BCUT2D eigenvalue weighted by molar-refractivity contribution is -0.145. The Kier molecular flexibility index (Phi) is 4.09. The first-order chi connectivity index (χ1) is 12.0. The van der Waals surface area contributed by atoms with Crippen molar-refractivity contribution in [3.8, 4) is 0 Å². The molecule has 1 saturated carbocycles. The van der Waals surface area contributed by atoms with Gasteiger partial charge in [-0.1, -0.05) is 48.0 Å². The fraction of sp³-hybridized carbons (Fsp3) is 0.381. The molecule has 1 N–H and O–H groups in total. The van der Waals surface area contributed by atoms with Crippen molar-refractivity contribution < 1.29 is 9.90 Å². The Morgan fingerprint density at radius 2 is 1.84 bits per heavy atom. The van der Waals surface area contributed by atoms with E-state index in [-0.39, 0.29) is 23.5 Å². The number of fused-ring (bicyclic) bond motifs is 2. The highest BCUT2D eigenvalue weighted by molar-refractivity contribution is 6.30. The van der Waals surface area contributed by atoms with Crippen LogP contribution in [0, 0.1) is 11.8 Å². The Morgan fingerprint density at radius 3 is 2.56 bits per heavy atom. The summed E-state index contributed by atoms with van der Waals surface area (Å²) in [5, 5.41) is 11.7. The average Bonchev–Trinajstić information content (AvgIpc) is 2.59. The van der Waals surface area contributed by atoms with Crippen LogP contribution in [0.25, 0.3) is 0 Å². The number of nitrogens with zero attached hydrogens (tertiary/aromatic N) is 1. The first-order valence-electron chi connectivity index (χ1n) is 8.77. The Labute approximate surface area is 153 Å². The zero-order chi connectivity index (χ0) is 17.6. The van der Waals surface area contributed by atoms with Gasteiger partial charge in [-0.15, -0.1) is 0 Å². The fourth-order valence-corrected chi connectivity index (χ4v) is 4.65. The number of rotatable bonds is 2. The van der Waals surface area contributed by atoms with Crippen molar-refractivity contribution in [2.45, 2.75) is 24.9 Å². The van der Waals surface area contributed by atoms with Crippen LogP contribution in [-0.4, -0.2) is 29.6 Å². The molecule has 0 spiro atoms. The smallest absolute Gasteiger partial charge is 0.146 e. The number of piperidine rings is 1. The first kappa shape index (κ1) is 16.6. The van der Waals surface area contributed by atoms with Crippen LogP contribution in [0.5, 0.6) is 0 Å². The second kappa shape index (κ2) is 6.15. The molecule has 0 aromatic heterocycles. The summed E-state index contributed by atoms with van der Waals surface area (Å²) in [4.78, 5) is 15.2. The maximum absolute atomic E-state index is 13.0. The predicted molar refractivity (Wildman–Crippen MR) is 100 cm³/mol. The van der Waals surface area contributed by atoms with Gasteiger partial charge in [0.05, 0.1) is 11.5 Å². The largest absolute Gasteiger partial charge is 0.389 e. The van der Waals surface area contributed by atoms with Crippen LogP contribution in [0.3, 0.4) is 0 Å². The van der Waals surface area contributed by atoms with Crippen molar-refractivity contribution in [2.75, 3.05) is 18.0 Å². The molecule has 0 radical (unpaired) electrons. The molecular formula is C21H22ClNO2.